The molecule has 1 aliphatic rings. The minimum atomic E-state index is 0.177. The van der Waals surface area contributed by atoms with Gasteiger partial charge in [-0.05, 0) is 36.6 Å². The number of methoxy groups -OCH3 is 1. The molecule has 0 aliphatic carbocycles. The zero-order valence-corrected chi connectivity index (χ0v) is 13.0. The van der Waals surface area contributed by atoms with Crippen LogP contribution in [0.2, 0.25) is 0 Å². The van der Waals surface area contributed by atoms with Crippen molar-refractivity contribution < 1.29 is 9.53 Å². The van der Waals surface area contributed by atoms with Crippen LogP contribution in [0, 0.1) is 5.92 Å². The number of likely N-dealkylation sites (N-methyl/N-ethyl adjacent to an activating group) is 1. The number of carbonyl (C=O) groups is 1. The zero-order valence-electron chi connectivity index (χ0n) is 13.0. The lowest BCUT2D eigenvalue weighted by molar-refractivity contribution is -0.129. The molecular weight excluding hydrogens is 266 g/mol. The topological polar surface area (TPSA) is 45.7 Å². The van der Waals surface area contributed by atoms with Crippen LogP contribution in [0.1, 0.15) is 12.0 Å². The Kier molecular flexibility index (Phi) is 6.14. The van der Waals surface area contributed by atoms with Gasteiger partial charge in [-0.2, -0.15) is 0 Å². The first-order chi connectivity index (χ1) is 10.2. The van der Waals surface area contributed by atoms with Gasteiger partial charge in [0, 0.05) is 46.2 Å². The average molecular weight is 291 g/mol. The highest BCUT2D eigenvalue weighted by molar-refractivity contribution is 5.78. The van der Waals surface area contributed by atoms with Crippen LogP contribution in [0.15, 0.2) is 24.5 Å². The monoisotopic (exact) mass is 291 g/mol. The second-order valence-electron chi connectivity index (χ2n) is 5.75. The minimum absolute atomic E-state index is 0.177. The maximum Gasteiger partial charge on any atom is 0.226 e. The summed E-state index contributed by atoms with van der Waals surface area (Å²) in [6, 6.07) is 3.79. The molecule has 1 aromatic heterocycles. The third kappa shape index (κ3) is 5.10. The standard InChI is InChI=1S/C16H25N3O2/c1-18(16(20)11-14-3-6-17-7-4-14)12-15-5-8-19(13-15)9-10-21-2/h3-4,6-7,15H,5,8-13H2,1-2H3. The molecule has 1 fully saturated rings. The number of hydrogen-bond acceptors (Lipinski definition) is 4. The van der Waals surface area contributed by atoms with Crippen LogP contribution < -0.4 is 0 Å². The molecule has 1 unspecified atom stereocenters. The van der Waals surface area contributed by atoms with Gasteiger partial charge in [0.15, 0.2) is 0 Å². The third-order valence-electron chi connectivity index (χ3n) is 4.04. The molecule has 0 N–H and O–H groups in total. The molecule has 116 valence electrons. The van der Waals surface area contributed by atoms with Crippen LogP contribution in [-0.2, 0) is 16.0 Å². The van der Waals surface area contributed by atoms with Gasteiger partial charge in [-0.1, -0.05) is 0 Å². The summed E-state index contributed by atoms with van der Waals surface area (Å²) in [5.74, 6) is 0.754. The van der Waals surface area contributed by atoms with Gasteiger partial charge < -0.3 is 14.5 Å². The summed E-state index contributed by atoms with van der Waals surface area (Å²) in [5.41, 5.74) is 1.02. The number of carbonyl (C=O) groups excluding carboxylic acids is 1. The summed E-state index contributed by atoms with van der Waals surface area (Å²) >= 11 is 0. The van der Waals surface area contributed by atoms with E-state index in [0.717, 1.165) is 44.8 Å². The first-order valence-electron chi connectivity index (χ1n) is 7.53. The number of rotatable bonds is 7. The normalized spacial score (nSPS) is 18.9. The highest BCUT2D eigenvalue weighted by Gasteiger charge is 2.24. The van der Waals surface area contributed by atoms with Gasteiger partial charge in [-0.15, -0.1) is 0 Å². The van der Waals surface area contributed by atoms with E-state index in [2.05, 4.69) is 9.88 Å². The number of hydrogen-bond donors (Lipinski definition) is 0. The third-order valence-corrected chi connectivity index (χ3v) is 4.04. The highest BCUT2D eigenvalue weighted by Crippen LogP contribution is 2.17. The van der Waals surface area contributed by atoms with Crippen LogP contribution in [0.25, 0.3) is 0 Å². The second-order valence-corrected chi connectivity index (χ2v) is 5.75. The molecule has 0 aromatic carbocycles. The fraction of sp³-hybridized carbons (Fsp3) is 0.625. The molecule has 5 nitrogen and oxygen atoms in total. The molecular formula is C16H25N3O2. The van der Waals surface area contributed by atoms with Gasteiger partial charge in [0.25, 0.3) is 0 Å². The Bertz CT molecular complexity index is 438. The lowest BCUT2D eigenvalue weighted by atomic mass is 10.1. The van der Waals surface area contributed by atoms with E-state index in [9.17, 15) is 4.79 Å². The van der Waals surface area contributed by atoms with Crippen LogP contribution in [0.3, 0.4) is 0 Å². The lowest BCUT2D eigenvalue weighted by Crippen LogP contribution is -2.34. The van der Waals surface area contributed by atoms with Crippen LogP contribution in [-0.4, -0.2) is 67.6 Å². The fourth-order valence-corrected chi connectivity index (χ4v) is 2.78. The molecule has 2 heterocycles. The number of nitrogens with zero attached hydrogens (tertiary/aromatic N) is 3. The molecule has 0 spiro atoms. The van der Waals surface area contributed by atoms with E-state index in [1.807, 2.05) is 24.1 Å². The number of likely N-dealkylation sites (tertiary alicyclic amines) is 1. The molecule has 1 aliphatic heterocycles. The van der Waals surface area contributed by atoms with E-state index in [-0.39, 0.29) is 5.91 Å². The number of amides is 1. The Morgan fingerprint density at radius 3 is 2.95 bits per heavy atom. The summed E-state index contributed by atoms with van der Waals surface area (Å²) < 4.78 is 5.11. The summed E-state index contributed by atoms with van der Waals surface area (Å²) in [7, 11) is 3.64. The van der Waals surface area contributed by atoms with E-state index in [1.165, 1.54) is 0 Å². The van der Waals surface area contributed by atoms with E-state index < -0.39 is 0 Å². The molecule has 21 heavy (non-hydrogen) atoms. The average Bonchev–Trinajstić information content (AvgIpc) is 2.93. The van der Waals surface area contributed by atoms with Gasteiger partial charge in [-0.25, -0.2) is 0 Å². The van der Waals surface area contributed by atoms with Crippen molar-refractivity contribution in [3.8, 4) is 0 Å². The van der Waals surface area contributed by atoms with E-state index in [1.54, 1.807) is 19.5 Å². The molecule has 0 bridgehead atoms. The first-order valence-corrected chi connectivity index (χ1v) is 7.53. The Labute approximate surface area is 126 Å². The predicted octanol–water partition coefficient (Wildman–Crippen LogP) is 1.05. The molecule has 1 aromatic rings. The molecule has 0 saturated carbocycles. The van der Waals surface area contributed by atoms with Crippen molar-refractivity contribution in [1.29, 1.82) is 0 Å². The molecule has 2 rings (SSSR count). The zero-order chi connectivity index (χ0) is 15.1. The van der Waals surface area contributed by atoms with E-state index in [0.29, 0.717) is 12.3 Å². The van der Waals surface area contributed by atoms with Crippen molar-refractivity contribution in [2.24, 2.45) is 5.92 Å². The summed E-state index contributed by atoms with van der Waals surface area (Å²) in [6.45, 7) is 4.79. The molecule has 0 radical (unpaired) electrons. The Morgan fingerprint density at radius 2 is 2.24 bits per heavy atom. The quantitative estimate of drug-likeness (QED) is 0.753. The van der Waals surface area contributed by atoms with Gasteiger partial charge in [0.05, 0.1) is 13.0 Å². The largest absolute Gasteiger partial charge is 0.383 e. The van der Waals surface area contributed by atoms with Crippen molar-refractivity contribution in [3.63, 3.8) is 0 Å². The molecule has 1 amide bonds. The maximum atomic E-state index is 12.2. The fourth-order valence-electron chi connectivity index (χ4n) is 2.78. The predicted molar refractivity (Wildman–Crippen MR) is 82.0 cm³/mol. The van der Waals surface area contributed by atoms with Gasteiger partial charge >= 0.3 is 0 Å². The van der Waals surface area contributed by atoms with E-state index >= 15 is 0 Å². The van der Waals surface area contributed by atoms with E-state index in [4.69, 9.17) is 4.74 Å². The second kappa shape index (κ2) is 8.10. The van der Waals surface area contributed by atoms with Crippen LogP contribution in [0.4, 0.5) is 0 Å². The summed E-state index contributed by atoms with van der Waals surface area (Å²) in [4.78, 5) is 20.5. The number of pyridine rings is 1. The Hall–Kier alpha value is -1.46. The van der Waals surface area contributed by atoms with Crippen molar-refractivity contribution in [1.82, 2.24) is 14.8 Å². The number of aromatic nitrogens is 1. The first kappa shape index (κ1) is 15.9. The smallest absolute Gasteiger partial charge is 0.226 e. The van der Waals surface area contributed by atoms with Gasteiger partial charge in [0.2, 0.25) is 5.91 Å². The van der Waals surface area contributed by atoms with Crippen molar-refractivity contribution in [2.45, 2.75) is 12.8 Å². The van der Waals surface area contributed by atoms with Crippen molar-refractivity contribution in [3.05, 3.63) is 30.1 Å². The van der Waals surface area contributed by atoms with Crippen LogP contribution >= 0.6 is 0 Å². The van der Waals surface area contributed by atoms with Gasteiger partial charge in [0.1, 0.15) is 0 Å². The summed E-state index contributed by atoms with van der Waals surface area (Å²) in [6.07, 6.45) is 5.08. The molecule has 5 heteroatoms. The SMILES string of the molecule is COCCN1CCC(CN(C)C(=O)Cc2ccncc2)C1. The van der Waals surface area contributed by atoms with Crippen molar-refractivity contribution in [2.75, 3.05) is 46.9 Å². The number of ether oxygens (including phenoxy) is 1. The minimum Gasteiger partial charge on any atom is -0.383 e. The molecule has 1 atom stereocenters. The Balaban J connectivity index is 1.74. The van der Waals surface area contributed by atoms with Gasteiger partial charge in [-0.3, -0.25) is 9.78 Å². The van der Waals surface area contributed by atoms with Crippen molar-refractivity contribution >= 4 is 5.91 Å². The maximum absolute atomic E-state index is 12.2. The lowest BCUT2D eigenvalue weighted by Gasteiger charge is -2.22. The highest BCUT2D eigenvalue weighted by atomic mass is 16.5. The van der Waals surface area contributed by atoms with Crippen LogP contribution in [0.5, 0.6) is 0 Å². The summed E-state index contributed by atoms with van der Waals surface area (Å²) in [5, 5.41) is 0. The molecule has 1 saturated heterocycles. The Morgan fingerprint density at radius 1 is 1.48 bits per heavy atom.